The van der Waals surface area contributed by atoms with E-state index in [1.165, 1.54) is 0 Å². The molecule has 41 heavy (non-hydrogen) atoms. The summed E-state index contributed by atoms with van der Waals surface area (Å²) in [5, 5.41) is 10.2. The lowest BCUT2D eigenvalue weighted by Crippen LogP contribution is -2.56. The van der Waals surface area contributed by atoms with Crippen LogP contribution in [-0.2, 0) is 27.5 Å². The topological polar surface area (TPSA) is 81.2 Å². The summed E-state index contributed by atoms with van der Waals surface area (Å²) in [6.45, 7) is 10.8. The summed E-state index contributed by atoms with van der Waals surface area (Å²) in [4.78, 5) is 48.1. The van der Waals surface area contributed by atoms with Crippen LogP contribution in [0.5, 0.6) is 0 Å². The van der Waals surface area contributed by atoms with Crippen LogP contribution in [0.15, 0.2) is 86.0 Å². The number of hydrogen-bond donors (Lipinski definition) is 1. The van der Waals surface area contributed by atoms with Crippen molar-refractivity contribution in [2.45, 2.75) is 54.9 Å². The van der Waals surface area contributed by atoms with Gasteiger partial charge < -0.3 is 19.8 Å². The van der Waals surface area contributed by atoms with Gasteiger partial charge in [0.25, 0.3) is 0 Å². The van der Waals surface area contributed by atoms with E-state index in [0.29, 0.717) is 32.6 Å². The molecule has 1 N–H and O–H groups in total. The molecule has 2 unspecified atom stereocenters. The van der Waals surface area contributed by atoms with Gasteiger partial charge in [0, 0.05) is 31.4 Å². The Balaban J connectivity index is 1.50. The fourth-order valence-corrected chi connectivity index (χ4v) is 9.17. The summed E-state index contributed by atoms with van der Waals surface area (Å²) in [5.74, 6) is -1.57. The van der Waals surface area contributed by atoms with Gasteiger partial charge in [0.2, 0.25) is 17.7 Å². The van der Waals surface area contributed by atoms with Crippen molar-refractivity contribution >= 4 is 29.5 Å². The minimum Gasteiger partial charge on any atom is -0.394 e. The van der Waals surface area contributed by atoms with E-state index < -0.39 is 28.7 Å². The van der Waals surface area contributed by atoms with Crippen LogP contribution in [0.4, 0.5) is 0 Å². The number of likely N-dealkylation sites (tertiary alicyclic amines) is 1. The van der Waals surface area contributed by atoms with Crippen LogP contribution < -0.4 is 0 Å². The normalized spacial score (nSPS) is 26.9. The lowest BCUT2D eigenvalue weighted by Gasteiger charge is -2.39. The number of nitrogens with zero attached hydrogens (tertiary/aromatic N) is 3. The molecule has 5 rings (SSSR count). The van der Waals surface area contributed by atoms with Crippen molar-refractivity contribution in [1.82, 2.24) is 14.7 Å². The van der Waals surface area contributed by atoms with Crippen molar-refractivity contribution in [2.75, 3.05) is 19.7 Å². The number of aliphatic hydroxyl groups is 1. The van der Waals surface area contributed by atoms with E-state index in [9.17, 15) is 19.5 Å². The first kappa shape index (κ1) is 29.1. The van der Waals surface area contributed by atoms with Gasteiger partial charge in [0.05, 0.1) is 29.2 Å². The maximum absolute atomic E-state index is 14.5. The molecule has 3 aliphatic heterocycles. The summed E-state index contributed by atoms with van der Waals surface area (Å²) in [7, 11) is 0. The number of carbonyl (C=O) groups is 3. The van der Waals surface area contributed by atoms with E-state index >= 15 is 0 Å². The highest BCUT2D eigenvalue weighted by atomic mass is 32.2. The molecule has 2 bridgehead atoms. The third-order valence-electron chi connectivity index (χ3n) is 8.75. The molecule has 216 valence electrons. The van der Waals surface area contributed by atoms with Gasteiger partial charge in [0.1, 0.15) is 6.04 Å². The number of thioether (sulfide) groups is 1. The van der Waals surface area contributed by atoms with E-state index in [1.807, 2.05) is 60.7 Å². The number of carbonyl (C=O) groups excluding carboxylic acids is 3. The lowest BCUT2D eigenvalue weighted by molar-refractivity contribution is -0.147. The number of aliphatic hydroxyl groups excluding tert-OH is 1. The number of hydrogen-bond acceptors (Lipinski definition) is 5. The standard InChI is InChI=1S/C33H39N3O4S/c1-4-18-34(20-24-12-8-6-9-13-24)30(38)27-26-16-17-33(41-26)28(27)31(39)36(23(3)22-37)29(33)32(40)35(19-5-2)21-25-14-10-7-11-15-25/h4-15,23,26-29,37H,1-2,16-22H2,3H3/t23-,26+,27-,28+,29?,33?/m1/s1. The SMILES string of the molecule is C=CCN(Cc1ccccc1)C(=O)C1N([C@H](C)CO)C(=O)[C@@H]2[C@H](C(=O)N(CC=C)Cc3ccccc3)[C@@H]3CCC12S3. The van der Waals surface area contributed by atoms with Crippen LogP contribution in [0.2, 0.25) is 0 Å². The van der Waals surface area contributed by atoms with Crippen molar-refractivity contribution < 1.29 is 19.5 Å². The molecule has 0 aliphatic carbocycles. The molecule has 1 spiro atoms. The Morgan fingerprint density at radius 2 is 1.54 bits per heavy atom. The minimum atomic E-state index is -0.763. The molecular formula is C33H39N3O4S. The number of rotatable bonds is 12. The van der Waals surface area contributed by atoms with Crippen LogP contribution in [0.25, 0.3) is 0 Å². The van der Waals surface area contributed by atoms with Crippen molar-refractivity contribution in [3.8, 4) is 0 Å². The number of fused-ring (bicyclic) bond motifs is 1. The lowest BCUT2D eigenvalue weighted by atomic mass is 9.70. The van der Waals surface area contributed by atoms with Crippen LogP contribution in [0, 0.1) is 11.8 Å². The van der Waals surface area contributed by atoms with Crippen molar-refractivity contribution in [2.24, 2.45) is 11.8 Å². The Morgan fingerprint density at radius 3 is 2.05 bits per heavy atom. The molecule has 0 aromatic heterocycles. The molecule has 3 aliphatic rings. The van der Waals surface area contributed by atoms with Gasteiger partial charge >= 0.3 is 0 Å². The van der Waals surface area contributed by atoms with Gasteiger partial charge in [-0.3, -0.25) is 14.4 Å². The molecule has 6 atom stereocenters. The summed E-state index contributed by atoms with van der Waals surface area (Å²) in [6.07, 6.45) is 4.87. The molecule has 3 fully saturated rings. The average Bonchev–Trinajstić information content (AvgIpc) is 3.64. The Labute approximate surface area is 246 Å². The Hall–Kier alpha value is -3.36. The van der Waals surface area contributed by atoms with Gasteiger partial charge in [-0.1, -0.05) is 72.8 Å². The second-order valence-corrected chi connectivity index (χ2v) is 12.9. The first-order valence-electron chi connectivity index (χ1n) is 14.3. The molecule has 7 nitrogen and oxygen atoms in total. The van der Waals surface area contributed by atoms with E-state index in [1.54, 1.807) is 45.5 Å². The summed E-state index contributed by atoms with van der Waals surface area (Å²) >= 11 is 1.65. The largest absolute Gasteiger partial charge is 0.394 e. The van der Waals surface area contributed by atoms with Gasteiger partial charge in [-0.05, 0) is 30.9 Å². The summed E-state index contributed by atoms with van der Waals surface area (Å²) in [6, 6.07) is 18.3. The number of amides is 3. The van der Waals surface area contributed by atoms with Gasteiger partial charge in [-0.15, -0.1) is 24.9 Å². The Kier molecular flexibility index (Phi) is 8.71. The van der Waals surface area contributed by atoms with Crippen molar-refractivity contribution in [1.29, 1.82) is 0 Å². The van der Waals surface area contributed by atoms with Crippen molar-refractivity contribution in [3.63, 3.8) is 0 Å². The van der Waals surface area contributed by atoms with Gasteiger partial charge in [-0.25, -0.2) is 0 Å². The molecule has 3 saturated heterocycles. The molecule has 2 aromatic carbocycles. The Morgan fingerprint density at radius 1 is 1.00 bits per heavy atom. The van der Waals surface area contributed by atoms with E-state index in [4.69, 9.17) is 0 Å². The zero-order valence-electron chi connectivity index (χ0n) is 23.6. The fourth-order valence-electron chi connectivity index (χ4n) is 6.98. The average molecular weight is 574 g/mol. The van der Waals surface area contributed by atoms with Crippen molar-refractivity contribution in [3.05, 3.63) is 97.1 Å². The van der Waals surface area contributed by atoms with E-state index in [2.05, 4.69) is 13.2 Å². The highest BCUT2D eigenvalue weighted by Crippen LogP contribution is 2.67. The zero-order chi connectivity index (χ0) is 29.1. The Bertz CT molecular complexity index is 1290. The third kappa shape index (κ3) is 5.24. The number of benzene rings is 2. The molecular weight excluding hydrogens is 534 g/mol. The molecule has 0 radical (unpaired) electrons. The first-order chi connectivity index (χ1) is 19.9. The maximum atomic E-state index is 14.5. The monoisotopic (exact) mass is 573 g/mol. The van der Waals surface area contributed by atoms with E-state index in [-0.39, 0.29) is 29.6 Å². The van der Waals surface area contributed by atoms with Crippen LogP contribution in [-0.4, -0.2) is 79.3 Å². The van der Waals surface area contributed by atoms with Crippen LogP contribution in [0.1, 0.15) is 30.9 Å². The highest BCUT2D eigenvalue weighted by Gasteiger charge is 2.74. The van der Waals surface area contributed by atoms with Crippen LogP contribution in [0.3, 0.4) is 0 Å². The predicted octanol–water partition coefficient (Wildman–Crippen LogP) is 3.89. The fraction of sp³-hybridized carbons (Fsp3) is 0.424. The van der Waals surface area contributed by atoms with Gasteiger partial charge in [-0.2, -0.15) is 0 Å². The van der Waals surface area contributed by atoms with E-state index in [0.717, 1.165) is 17.5 Å². The third-order valence-corrected chi connectivity index (χ3v) is 10.7. The highest BCUT2D eigenvalue weighted by molar-refractivity contribution is 8.02. The molecule has 3 amide bonds. The smallest absolute Gasteiger partial charge is 0.247 e. The molecule has 0 saturated carbocycles. The molecule has 8 heteroatoms. The maximum Gasteiger partial charge on any atom is 0.247 e. The van der Waals surface area contributed by atoms with Gasteiger partial charge in [0.15, 0.2) is 0 Å². The quantitative estimate of drug-likeness (QED) is 0.390. The zero-order valence-corrected chi connectivity index (χ0v) is 24.4. The summed E-state index contributed by atoms with van der Waals surface area (Å²) in [5.41, 5.74) is 2.00. The molecule has 3 heterocycles. The van der Waals surface area contributed by atoms with Crippen LogP contribution >= 0.6 is 11.8 Å². The second-order valence-electron chi connectivity index (χ2n) is 11.3. The summed E-state index contributed by atoms with van der Waals surface area (Å²) < 4.78 is -0.717. The second kappa shape index (κ2) is 12.2. The molecule has 2 aromatic rings. The predicted molar refractivity (Wildman–Crippen MR) is 162 cm³/mol. The minimum absolute atomic E-state index is 0.0385. The first-order valence-corrected chi connectivity index (χ1v) is 15.2.